The first-order valence-corrected chi connectivity index (χ1v) is 7.41. The Labute approximate surface area is 98.6 Å². The van der Waals surface area contributed by atoms with E-state index in [-0.39, 0.29) is 5.41 Å². The number of rotatable bonds is 5. The molecule has 15 heavy (non-hydrogen) atoms. The second-order valence-corrected chi connectivity index (χ2v) is 6.10. The molecule has 0 spiro atoms. The van der Waals surface area contributed by atoms with Crippen molar-refractivity contribution in [2.45, 2.75) is 52.4 Å². The van der Waals surface area contributed by atoms with E-state index in [4.69, 9.17) is 0 Å². The molecule has 0 bridgehead atoms. The molecule has 0 radical (unpaired) electrons. The Bertz CT molecular complexity index is 221. The van der Waals surface area contributed by atoms with E-state index < -0.39 is 0 Å². The first-order chi connectivity index (χ1) is 7.26. The van der Waals surface area contributed by atoms with Gasteiger partial charge in [-0.05, 0) is 36.7 Å². The van der Waals surface area contributed by atoms with E-state index in [1.165, 1.54) is 30.8 Å². The van der Waals surface area contributed by atoms with Crippen LogP contribution in [0.25, 0.3) is 0 Å². The van der Waals surface area contributed by atoms with E-state index in [1.54, 1.807) is 0 Å². The van der Waals surface area contributed by atoms with Crippen molar-refractivity contribution in [2.75, 3.05) is 11.5 Å². The molecule has 1 rings (SSSR count). The second kappa shape index (κ2) is 6.43. The zero-order chi connectivity index (χ0) is 11.1. The Morgan fingerprint density at radius 1 is 1.47 bits per heavy atom. The van der Waals surface area contributed by atoms with Crippen molar-refractivity contribution < 1.29 is 0 Å². The quantitative estimate of drug-likeness (QED) is 0.653. The van der Waals surface area contributed by atoms with Gasteiger partial charge in [0, 0.05) is 0 Å². The average Bonchev–Trinajstić information content (AvgIpc) is 2.30. The number of hydrogen-bond acceptors (Lipinski definition) is 2. The molecule has 1 aliphatic carbocycles. The summed E-state index contributed by atoms with van der Waals surface area (Å²) in [5.41, 5.74) is 0.0289. The van der Waals surface area contributed by atoms with E-state index >= 15 is 0 Å². The summed E-state index contributed by atoms with van der Waals surface area (Å²) in [5, 5.41) is 9.39. The molecule has 0 heterocycles. The Hall–Kier alpha value is -0.160. The molecule has 0 aromatic rings. The van der Waals surface area contributed by atoms with Crippen LogP contribution in [0.4, 0.5) is 0 Å². The molecule has 1 aliphatic rings. The standard InChI is InChI=1S/C13H23NS/c1-3-12-6-5-7-13(10-12,11-14)8-9-15-4-2/h12H,3-10H2,1-2H3. The summed E-state index contributed by atoms with van der Waals surface area (Å²) >= 11 is 1.97. The maximum Gasteiger partial charge on any atom is 0.0690 e. The van der Waals surface area contributed by atoms with Crippen LogP contribution in [0, 0.1) is 22.7 Å². The predicted molar refractivity (Wildman–Crippen MR) is 67.9 cm³/mol. The summed E-state index contributed by atoms with van der Waals surface area (Å²) in [7, 11) is 0. The van der Waals surface area contributed by atoms with Gasteiger partial charge in [0.2, 0.25) is 0 Å². The van der Waals surface area contributed by atoms with Crippen molar-refractivity contribution >= 4 is 11.8 Å². The Morgan fingerprint density at radius 2 is 2.27 bits per heavy atom. The van der Waals surface area contributed by atoms with Gasteiger partial charge in [0.05, 0.1) is 11.5 Å². The molecule has 1 fully saturated rings. The van der Waals surface area contributed by atoms with E-state index in [9.17, 15) is 5.26 Å². The molecule has 0 aromatic carbocycles. The minimum absolute atomic E-state index is 0.0289. The van der Waals surface area contributed by atoms with Gasteiger partial charge >= 0.3 is 0 Å². The summed E-state index contributed by atoms with van der Waals surface area (Å²) in [6, 6.07) is 2.63. The maximum atomic E-state index is 9.39. The molecule has 86 valence electrons. The van der Waals surface area contributed by atoms with Crippen LogP contribution in [-0.2, 0) is 0 Å². The van der Waals surface area contributed by atoms with E-state index in [0.717, 1.165) is 25.2 Å². The van der Waals surface area contributed by atoms with Gasteiger partial charge in [0.25, 0.3) is 0 Å². The number of nitrogens with zero attached hydrogens (tertiary/aromatic N) is 1. The predicted octanol–water partition coefficient (Wildman–Crippen LogP) is 4.24. The minimum Gasteiger partial charge on any atom is -0.198 e. The van der Waals surface area contributed by atoms with Gasteiger partial charge in [-0.2, -0.15) is 17.0 Å². The fourth-order valence-corrected chi connectivity index (χ4v) is 3.45. The molecule has 1 saturated carbocycles. The maximum absolute atomic E-state index is 9.39. The highest BCUT2D eigenvalue weighted by molar-refractivity contribution is 7.99. The van der Waals surface area contributed by atoms with E-state index in [1.807, 2.05) is 11.8 Å². The van der Waals surface area contributed by atoms with Crippen molar-refractivity contribution in [1.82, 2.24) is 0 Å². The molecule has 0 N–H and O–H groups in total. The zero-order valence-electron chi connectivity index (χ0n) is 10.1. The third-order valence-corrected chi connectivity index (χ3v) is 4.59. The van der Waals surface area contributed by atoms with Gasteiger partial charge in [-0.15, -0.1) is 0 Å². The molecular formula is C13H23NS. The lowest BCUT2D eigenvalue weighted by Crippen LogP contribution is -2.27. The Morgan fingerprint density at radius 3 is 2.87 bits per heavy atom. The number of thioether (sulfide) groups is 1. The second-order valence-electron chi connectivity index (χ2n) is 4.71. The van der Waals surface area contributed by atoms with Crippen LogP contribution < -0.4 is 0 Å². The van der Waals surface area contributed by atoms with E-state index in [0.29, 0.717) is 0 Å². The monoisotopic (exact) mass is 225 g/mol. The SMILES string of the molecule is CCSCCC1(C#N)CCCC(CC)C1. The fourth-order valence-electron chi connectivity index (χ4n) is 2.63. The van der Waals surface area contributed by atoms with Crippen molar-refractivity contribution in [1.29, 1.82) is 5.26 Å². The summed E-state index contributed by atoms with van der Waals surface area (Å²) in [4.78, 5) is 0. The highest BCUT2D eigenvalue weighted by Gasteiger charge is 2.35. The molecule has 0 aromatic heterocycles. The smallest absolute Gasteiger partial charge is 0.0690 e. The molecule has 0 aliphatic heterocycles. The summed E-state index contributed by atoms with van der Waals surface area (Å²) < 4.78 is 0. The number of nitriles is 1. The molecule has 0 saturated heterocycles. The molecular weight excluding hydrogens is 202 g/mol. The van der Waals surface area contributed by atoms with Crippen LogP contribution in [0.3, 0.4) is 0 Å². The van der Waals surface area contributed by atoms with Crippen LogP contribution in [0.1, 0.15) is 52.4 Å². The molecule has 1 nitrogen and oxygen atoms in total. The third kappa shape index (κ3) is 3.72. The first-order valence-electron chi connectivity index (χ1n) is 6.25. The van der Waals surface area contributed by atoms with Crippen molar-refractivity contribution in [3.63, 3.8) is 0 Å². The fraction of sp³-hybridized carbons (Fsp3) is 0.923. The lowest BCUT2D eigenvalue weighted by atomic mass is 9.68. The van der Waals surface area contributed by atoms with Crippen LogP contribution in [0.5, 0.6) is 0 Å². The van der Waals surface area contributed by atoms with Gasteiger partial charge in [-0.1, -0.05) is 33.1 Å². The molecule has 2 heteroatoms. The van der Waals surface area contributed by atoms with E-state index in [2.05, 4.69) is 19.9 Å². The van der Waals surface area contributed by atoms with Crippen LogP contribution >= 0.6 is 11.8 Å². The van der Waals surface area contributed by atoms with Crippen LogP contribution in [0.2, 0.25) is 0 Å². The van der Waals surface area contributed by atoms with Crippen LogP contribution in [-0.4, -0.2) is 11.5 Å². The summed E-state index contributed by atoms with van der Waals surface area (Å²) in [5.74, 6) is 3.16. The topological polar surface area (TPSA) is 23.8 Å². The van der Waals surface area contributed by atoms with Gasteiger partial charge in [0.15, 0.2) is 0 Å². The first kappa shape index (κ1) is 12.9. The third-order valence-electron chi connectivity index (χ3n) is 3.69. The van der Waals surface area contributed by atoms with Crippen molar-refractivity contribution in [3.05, 3.63) is 0 Å². The normalized spacial score (nSPS) is 31.1. The van der Waals surface area contributed by atoms with Crippen LogP contribution in [0.15, 0.2) is 0 Å². The highest BCUT2D eigenvalue weighted by Crippen LogP contribution is 2.43. The summed E-state index contributed by atoms with van der Waals surface area (Å²) in [6.07, 6.45) is 7.28. The molecule has 2 atom stereocenters. The largest absolute Gasteiger partial charge is 0.198 e. The molecule has 0 amide bonds. The Kier molecular flexibility index (Phi) is 5.53. The van der Waals surface area contributed by atoms with Gasteiger partial charge in [0.1, 0.15) is 0 Å². The summed E-state index contributed by atoms with van der Waals surface area (Å²) in [6.45, 7) is 4.46. The van der Waals surface area contributed by atoms with Gasteiger partial charge < -0.3 is 0 Å². The van der Waals surface area contributed by atoms with Crippen molar-refractivity contribution in [3.8, 4) is 6.07 Å². The average molecular weight is 225 g/mol. The highest BCUT2D eigenvalue weighted by atomic mass is 32.2. The van der Waals surface area contributed by atoms with Gasteiger partial charge in [-0.3, -0.25) is 0 Å². The zero-order valence-corrected chi connectivity index (χ0v) is 10.9. The minimum atomic E-state index is 0.0289. The lowest BCUT2D eigenvalue weighted by Gasteiger charge is -2.35. The Balaban J connectivity index is 2.48. The lowest BCUT2D eigenvalue weighted by molar-refractivity contribution is 0.190. The molecule has 2 unspecified atom stereocenters. The van der Waals surface area contributed by atoms with Crippen molar-refractivity contribution in [2.24, 2.45) is 11.3 Å². The number of hydrogen-bond donors (Lipinski definition) is 0. The van der Waals surface area contributed by atoms with Gasteiger partial charge in [-0.25, -0.2) is 0 Å².